The maximum absolute atomic E-state index is 12.8. The minimum Gasteiger partial charge on any atom is -0.477 e. The second-order valence-corrected chi connectivity index (χ2v) is 7.23. The first-order valence-corrected chi connectivity index (χ1v) is 9.45. The van der Waals surface area contributed by atoms with Crippen molar-refractivity contribution < 1.29 is 14.1 Å². The van der Waals surface area contributed by atoms with Gasteiger partial charge in [0.25, 0.3) is 5.91 Å². The minimum atomic E-state index is -0.128. The number of carbonyl (C=O) groups is 1. The molecule has 146 valence electrons. The maximum atomic E-state index is 12.8. The molecule has 3 heterocycles. The van der Waals surface area contributed by atoms with Crippen molar-refractivity contribution in [1.29, 1.82) is 0 Å². The van der Waals surface area contributed by atoms with Crippen LogP contribution < -0.4 is 9.64 Å². The van der Waals surface area contributed by atoms with Crippen LogP contribution in [0.3, 0.4) is 0 Å². The summed E-state index contributed by atoms with van der Waals surface area (Å²) in [5.74, 6) is 1.99. The van der Waals surface area contributed by atoms with Gasteiger partial charge >= 0.3 is 0 Å². The molecule has 0 aliphatic carbocycles. The van der Waals surface area contributed by atoms with Crippen LogP contribution >= 0.6 is 0 Å². The zero-order chi connectivity index (χ0) is 19.5. The van der Waals surface area contributed by atoms with Gasteiger partial charge in [0.1, 0.15) is 17.7 Å². The molecule has 0 spiro atoms. The van der Waals surface area contributed by atoms with Crippen LogP contribution in [0.1, 0.15) is 24.4 Å². The quantitative estimate of drug-likeness (QED) is 0.672. The lowest BCUT2D eigenvalue weighted by atomic mass is 10.2. The monoisotopic (exact) mass is 381 g/mol. The van der Waals surface area contributed by atoms with Crippen molar-refractivity contribution in [3.63, 3.8) is 0 Å². The van der Waals surface area contributed by atoms with Gasteiger partial charge in [-0.2, -0.15) is 0 Å². The van der Waals surface area contributed by atoms with E-state index in [-0.39, 0.29) is 5.91 Å². The number of piperazine rings is 1. The van der Waals surface area contributed by atoms with E-state index < -0.39 is 0 Å². The van der Waals surface area contributed by atoms with Crippen molar-refractivity contribution in [2.24, 2.45) is 5.92 Å². The Balaban J connectivity index is 1.41. The van der Waals surface area contributed by atoms with Crippen LogP contribution in [0, 0.1) is 5.92 Å². The normalized spacial score (nSPS) is 14.7. The summed E-state index contributed by atoms with van der Waals surface area (Å²) in [5, 5.41) is 4.72. The fourth-order valence-corrected chi connectivity index (χ4v) is 3.16. The highest BCUT2D eigenvalue weighted by Crippen LogP contribution is 2.22. The number of aromatic nitrogens is 3. The van der Waals surface area contributed by atoms with Crippen molar-refractivity contribution in [1.82, 2.24) is 20.0 Å². The maximum Gasteiger partial charge on any atom is 0.293 e. The molecule has 1 fully saturated rings. The van der Waals surface area contributed by atoms with Crippen molar-refractivity contribution in [3.8, 4) is 5.88 Å². The van der Waals surface area contributed by atoms with E-state index in [0.29, 0.717) is 55.9 Å². The van der Waals surface area contributed by atoms with Crippen LogP contribution in [0.15, 0.2) is 41.2 Å². The Morgan fingerprint density at radius 1 is 1.18 bits per heavy atom. The lowest BCUT2D eigenvalue weighted by Crippen LogP contribution is -2.49. The summed E-state index contributed by atoms with van der Waals surface area (Å²) in [5.41, 5.74) is 0.694. The molecular formula is C20H23N5O3. The third-order valence-corrected chi connectivity index (χ3v) is 4.66. The molecule has 8 heteroatoms. The fourth-order valence-electron chi connectivity index (χ4n) is 3.16. The number of ether oxygens (including phenoxy) is 1. The fraction of sp³-hybridized carbons (Fsp3) is 0.400. The van der Waals surface area contributed by atoms with Crippen LogP contribution in [0.4, 0.5) is 5.82 Å². The van der Waals surface area contributed by atoms with Gasteiger partial charge in [-0.3, -0.25) is 4.79 Å². The zero-order valence-corrected chi connectivity index (χ0v) is 16.0. The van der Waals surface area contributed by atoms with Gasteiger partial charge in [-0.05, 0) is 18.1 Å². The van der Waals surface area contributed by atoms with Crippen LogP contribution in [-0.4, -0.2) is 58.7 Å². The molecule has 1 aromatic carbocycles. The highest BCUT2D eigenvalue weighted by Gasteiger charge is 2.27. The van der Waals surface area contributed by atoms with E-state index in [9.17, 15) is 4.79 Å². The number of anilines is 1. The summed E-state index contributed by atoms with van der Waals surface area (Å²) in [6, 6.07) is 9.29. The number of rotatable bonds is 5. The number of hydrogen-bond donors (Lipinski definition) is 0. The molecule has 0 saturated carbocycles. The molecule has 3 aromatic rings. The molecule has 28 heavy (non-hydrogen) atoms. The van der Waals surface area contributed by atoms with Crippen molar-refractivity contribution in [3.05, 3.63) is 42.4 Å². The van der Waals surface area contributed by atoms with E-state index in [0.717, 1.165) is 11.2 Å². The number of carbonyl (C=O) groups excluding carboxylic acids is 1. The van der Waals surface area contributed by atoms with E-state index in [1.54, 1.807) is 4.90 Å². The summed E-state index contributed by atoms with van der Waals surface area (Å²) in [4.78, 5) is 25.3. The number of fused-ring (bicyclic) bond motifs is 1. The Kier molecular flexibility index (Phi) is 5.10. The molecule has 1 saturated heterocycles. The van der Waals surface area contributed by atoms with Gasteiger partial charge < -0.3 is 19.1 Å². The number of benzene rings is 1. The Hall–Kier alpha value is -3.16. The molecule has 1 amide bonds. The molecule has 0 radical (unpaired) electrons. The molecule has 1 aliphatic heterocycles. The van der Waals surface area contributed by atoms with Crippen LogP contribution in [0.25, 0.3) is 10.9 Å². The third kappa shape index (κ3) is 3.76. The van der Waals surface area contributed by atoms with Gasteiger partial charge in [-0.15, -0.1) is 0 Å². The van der Waals surface area contributed by atoms with Gasteiger partial charge in [0.15, 0.2) is 0 Å². The molecular weight excluding hydrogens is 358 g/mol. The number of amides is 1. The summed E-state index contributed by atoms with van der Waals surface area (Å²) >= 11 is 0. The summed E-state index contributed by atoms with van der Waals surface area (Å²) in [6.07, 6.45) is 1.52. The van der Waals surface area contributed by atoms with Gasteiger partial charge in [-0.25, -0.2) is 9.97 Å². The lowest BCUT2D eigenvalue weighted by molar-refractivity contribution is 0.0707. The molecule has 4 rings (SSSR count). The van der Waals surface area contributed by atoms with Crippen molar-refractivity contribution in [2.45, 2.75) is 13.8 Å². The Morgan fingerprint density at radius 2 is 1.96 bits per heavy atom. The first-order chi connectivity index (χ1) is 13.6. The number of hydrogen-bond acceptors (Lipinski definition) is 7. The highest BCUT2D eigenvalue weighted by molar-refractivity contribution is 6.03. The standard InChI is InChI=1S/C20H23N5O3/c1-14(2)12-27-18-11-17(21-13-22-18)24-7-9-25(10-8-24)20(26)19-15-5-3-4-6-16(15)23-28-19/h3-6,11,13-14H,7-10,12H2,1-2H3. The molecule has 1 aliphatic rings. The zero-order valence-electron chi connectivity index (χ0n) is 16.0. The highest BCUT2D eigenvalue weighted by atomic mass is 16.5. The second kappa shape index (κ2) is 7.84. The second-order valence-electron chi connectivity index (χ2n) is 7.23. The van der Waals surface area contributed by atoms with Gasteiger partial charge in [0, 0.05) is 32.2 Å². The van der Waals surface area contributed by atoms with E-state index in [1.165, 1.54) is 6.33 Å². The molecule has 0 N–H and O–H groups in total. The van der Waals surface area contributed by atoms with Crippen LogP contribution in [0.2, 0.25) is 0 Å². The van der Waals surface area contributed by atoms with Crippen molar-refractivity contribution >= 4 is 22.6 Å². The summed E-state index contributed by atoms with van der Waals surface area (Å²) < 4.78 is 11.0. The lowest BCUT2D eigenvalue weighted by Gasteiger charge is -2.34. The van der Waals surface area contributed by atoms with E-state index in [4.69, 9.17) is 9.26 Å². The third-order valence-electron chi connectivity index (χ3n) is 4.66. The SMILES string of the molecule is CC(C)COc1cc(N2CCN(C(=O)c3onc4ccccc34)CC2)ncn1. The number of nitrogens with zero attached hydrogens (tertiary/aromatic N) is 5. The Bertz CT molecular complexity index is 963. The van der Waals surface area contributed by atoms with Crippen molar-refractivity contribution in [2.75, 3.05) is 37.7 Å². The predicted octanol–water partition coefficient (Wildman–Crippen LogP) is 2.62. The van der Waals surface area contributed by atoms with Gasteiger partial charge in [0.05, 0.1) is 12.0 Å². The van der Waals surface area contributed by atoms with Gasteiger partial charge in [-0.1, -0.05) is 31.1 Å². The molecule has 0 atom stereocenters. The molecule has 8 nitrogen and oxygen atoms in total. The largest absolute Gasteiger partial charge is 0.477 e. The molecule has 2 aromatic heterocycles. The van der Waals surface area contributed by atoms with Gasteiger partial charge in [0.2, 0.25) is 11.6 Å². The van der Waals surface area contributed by atoms with E-state index in [1.807, 2.05) is 30.3 Å². The van der Waals surface area contributed by atoms with E-state index >= 15 is 0 Å². The summed E-state index contributed by atoms with van der Waals surface area (Å²) in [6.45, 7) is 7.33. The smallest absolute Gasteiger partial charge is 0.293 e. The molecule has 0 unspecified atom stereocenters. The minimum absolute atomic E-state index is 0.128. The topological polar surface area (TPSA) is 84.6 Å². The first kappa shape index (κ1) is 18.2. The van der Waals surface area contributed by atoms with E-state index in [2.05, 4.69) is 33.9 Å². The Morgan fingerprint density at radius 3 is 2.75 bits per heavy atom. The Labute approximate surface area is 163 Å². The molecule has 0 bridgehead atoms. The van der Waals surface area contributed by atoms with Crippen LogP contribution in [-0.2, 0) is 0 Å². The predicted molar refractivity (Wildman–Crippen MR) is 104 cm³/mol. The average Bonchev–Trinajstić information content (AvgIpc) is 3.16. The summed E-state index contributed by atoms with van der Waals surface area (Å²) in [7, 11) is 0. The average molecular weight is 381 g/mol. The first-order valence-electron chi connectivity index (χ1n) is 9.45. The van der Waals surface area contributed by atoms with Crippen LogP contribution in [0.5, 0.6) is 5.88 Å².